The van der Waals surface area contributed by atoms with E-state index in [-0.39, 0.29) is 5.82 Å². The first-order valence-electron chi connectivity index (χ1n) is 6.18. The second-order valence-electron chi connectivity index (χ2n) is 4.59. The molecule has 0 aliphatic heterocycles. The van der Waals surface area contributed by atoms with Crippen LogP contribution in [0.4, 0.5) is 4.39 Å². The highest BCUT2D eigenvalue weighted by Gasteiger charge is 2.11. The number of hydrogen-bond acceptors (Lipinski definition) is 2. The van der Waals surface area contributed by atoms with Crippen LogP contribution in [0.25, 0.3) is 0 Å². The smallest absolute Gasteiger partial charge is 0.123 e. The summed E-state index contributed by atoms with van der Waals surface area (Å²) in [5, 5.41) is 9.97. The normalized spacial score (nSPS) is 14.9. The summed E-state index contributed by atoms with van der Waals surface area (Å²) in [6.07, 6.45) is 1.26. The molecule has 0 bridgehead atoms. The lowest BCUT2D eigenvalue weighted by molar-refractivity contribution is 0.138. The van der Waals surface area contributed by atoms with Crippen molar-refractivity contribution in [3.8, 4) is 0 Å². The lowest BCUT2D eigenvalue weighted by atomic mass is 10.1. The van der Waals surface area contributed by atoms with Gasteiger partial charge in [-0.3, -0.25) is 0 Å². The molecule has 96 valence electrons. The highest BCUT2D eigenvalue weighted by molar-refractivity contribution is 5.18. The maximum Gasteiger partial charge on any atom is 0.123 e. The van der Waals surface area contributed by atoms with Crippen molar-refractivity contribution in [1.82, 2.24) is 4.90 Å². The maximum absolute atomic E-state index is 12.7. The number of benzene rings is 1. The van der Waals surface area contributed by atoms with Crippen molar-refractivity contribution >= 4 is 0 Å². The third kappa shape index (κ3) is 4.44. The molecule has 0 aromatic heterocycles. The van der Waals surface area contributed by atoms with Gasteiger partial charge >= 0.3 is 0 Å². The quantitative estimate of drug-likeness (QED) is 0.825. The van der Waals surface area contributed by atoms with Crippen LogP contribution in [0.2, 0.25) is 0 Å². The molecule has 3 heteroatoms. The molecule has 2 unspecified atom stereocenters. The van der Waals surface area contributed by atoms with Crippen molar-refractivity contribution in [3.63, 3.8) is 0 Å². The average molecular weight is 239 g/mol. The highest BCUT2D eigenvalue weighted by Crippen LogP contribution is 2.17. The van der Waals surface area contributed by atoms with E-state index < -0.39 is 6.10 Å². The van der Waals surface area contributed by atoms with Gasteiger partial charge in [0.05, 0.1) is 6.10 Å². The number of aliphatic hydroxyl groups is 1. The molecule has 0 fully saturated rings. The van der Waals surface area contributed by atoms with Gasteiger partial charge in [-0.15, -0.1) is 0 Å². The molecule has 0 saturated carbocycles. The van der Waals surface area contributed by atoms with Gasteiger partial charge in [-0.2, -0.15) is 0 Å². The predicted octanol–water partition coefficient (Wildman–Crippen LogP) is 2.98. The summed E-state index contributed by atoms with van der Waals surface area (Å²) in [7, 11) is 2.06. The van der Waals surface area contributed by atoms with Crippen LogP contribution in [0.1, 0.15) is 38.4 Å². The summed E-state index contributed by atoms with van der Waals surface area (Å²) in [5.41, 5.74) is 0.781. The molecule has 0 aliphatic rings. The lowest BCUT2D eigenvalue weighted by Crippen LogP contribution is -2.30. The first kappa shape index (κ1) is 14.1. The van der Waals surface area contributed by atoms with Gasteiger partial charge in [0.2, 0.25) is 0 Å². The van der Waals surface area contributed by atoms with Crippen LogP contribution in [0.3, 0.4) is 0 Å². The summed E-state index contributed by atoms with van der Waals surface area (Å²) < 4.78 is 12.7. The fourth-order valence-corrected chi connectivity index (χ4v) is 1.71. The Morgan fingerprint density at radius 3 is 2.41 bits per heavy atom. The number of aliphatic hydroxyl groups excluding tert-OH is 1. The molecule has 0 heterocycles. The Kier molecular flexibility index (Phi) is 5.59. The fraction of sp³-hybridized carbons (Fsp3) is 0.571. The van der Waals surface area contributed by atoms with Gasteiger partial charge in [0.15, 0.2) is 0 Å². The number of nitrogens with zero attached hydrogens (tertiary/aromatic N) is 1. The van der Waals surface area contributed by atoms with Gasteiger partial charge in [0, 0.05) is 12.6 Å². The Bertz CT molecular complexity index is 325. The van der Waals surface area contributed by atoms with E-state index in [0.29, 0.717) is 12.5 Å². The van der Waals surface area contributed by atoms with E-state index in [0.717, 1.165) is 18.5 Å². The number of halogens is 1. The first-order valence-corrected chi connectivity index (χ1v) is 6.18. The van der Waals surface area contributed by atoms with E-state index in [1.807, 2.05) is 0 Å². The van der Waals surface area contributed by atoms with Crippen molar-refractivity contribution in [3.05, 3.63) is 35.6 Å². The van der Waals surface area contributed by atoms with E-state index in [9.17, 15) is 9.50 Å². The van der Waals surface area contributed by atoms with Crippen LogP contribution in [0.5, 0.6) is 0 Å². The molecule has 1 aromatic carbocycles. The summed E-state index contributed by atoms with van der Waals surface area (Å²) in [5.74, 6) is -0.266. The van der Waals surface area contributed by atoms with Crippen molar-refractivity contribution in [2.24, 2.45) is 0 Å². The molecule has 0 amide bonds. The standard InChI is InChI=1S/C14H22FNO/c1-4-11(2)16(3)10-9-14(17)12-5-7-13(15)8-6-12/h5-8,11,14,17H,4,9-10H2,1-3H3. The Labute approximate surface area is 103 Å². The third-order valence-electron chi connectivity index (χ3n) is 3.35. The van der Waals surface area contributed by atoms with Crippen LogP contribution in [0.15, 0.2) is 24.3 Å². The van der Waals surface area contributed by atoms with Gasteiger partial charge in [-0.1, -0.05) is 19.1 Å². The minimum atomic E-state index is -0.512. The van der Waals surface area contributed by atoms with Crippen LogP contribution in [-0.2, 0) is 0 Å². The molecule has 2 nitrogen and oxygen atoms in total. The zero-order valence-corrected chi connectivity index (χ0v) is 10.9. The molecule has 0 aliphatic carbocycles. The Balaban J connectivity index is 2.44. The summed E-state index contributed by atoms with van der Waals surface area (Å²) in [4.78, 5) is 2.23. The molecule has 1 rings (SSSR count). The van der Waals surface area contributed by atoms with Crippen LogP contribution in [-0.4, -0.2) is 29.6 Å². The van der Waals surface area contributed by atoms with Crippen LogP contribution < -0.4 is 0 Å². The van der Waals surface area contributed by atoms with Crippen molar-refractivity contribution in [1.29, 1.82) is 0 Å². The first-order chi connectivity index (χ1) is 8.04. The average Bonchev–Trinajstić information content (AvgIpc) is 2.35. The fourth-order valence-electron chi connectivity index (χ4n) is 1.71. The van der Waals surface area contributed by atoms with Crippen molar-refractivity contribution in [2.45, 2.75) is 38.8 Å². The van der Waals surface area contributed by atoms with Crippen molar-refractivity contribution < 1.29 is 9.50 Å². The van der Waals surface area contributed by atoms with E-state index in [1.165, 1.54) is 12.1 Å². The van der Waals surface area contributed by atoms with Crippen LogP contribution in [0, 0.1) is 5.82 Å². The molecule has 1 N–H and O–H groups in total. The van der Waals surface area contributed by atoms with Crippen molar-refractivity contribution in [2.75, 3.05) is 13.6 Å². The summed E-state index contributed by atoms with van der Waals surface area (Å²) in [6, 6.07) is 6.58. The van der Waals surface area contributed by atoms with E-state index >= 15 is 0 Å². The Morgan fingerprint density at radius 1 is 1.29 bits per heavy atom. The summed E-state index contributed by atoms with van der Waals surface area (Å²) in [6.45, 7) is 5.16. The molecule has 17 heavy (non-hydrogen) atoms. The van der Waals surface area contributed by atoms with Gasteiger partial charge in [-0.05, 0) is 44.5 Å². The predicted molar refractivity (Wildman–Crippen MR) is 68.4 cm³/mol. The van der Waals surface area contributed by atoms with Gasteiger partial charge in [0.1, 0.15) is 5.82 Å². The molecule has 0 saturated heterocycles. The summed E-state index contributed by atoms with van der Waals surface area (Å²) >= 11 is 0. The molecule has 2 atom stereocenters. The van der Waals surface area contributed by atoms with Gasteiger partial charge in [0.25, 0.3) is 0 Å². The monoisotopic (exact) mass is 239 g/mol. The second-order valence-corrected chi connectivity index (χ2v) is 4.59. The molecular weight excluding hydrogens is 217 g/mol. The largest absolute Gasteiger partial charge is 0.388 e. The number of rotatable bonds is 6. The van der Waals surface area contributed by atoms with E-state index in [1.54, 1.807) is 12.1 Å². The van der Waals surface area contributed by atoms with Crippen LogP contribution >= 0.6 is 0 Å². The second kappa shape index (κ2) is 6.72. The molecular formula is C14H22FNO. The van der Waals surface area contributed by atoms with E-state index in [2.05, 4.69) is 25.8 Å². The zero-order chi connectivity index (χ0) is 12.8. The Morgan fingerprint density at radius 2 is 1.88 bits per heavy atom. The molecule has 1 aromatic rings. The topological polar surface area (TPSA) is 23.5 Å². The molecule has 0 spiro atoms. The zero-order valence-electron chi connectivity index (χ0n) is 10.9. The lowest BCUT2D eigenvalue weighted by Gasteiger charge is -2.24. The number of hydrogen-bond donors (Lipinski definition) is 1. The SMILES string of the molecule is CCC(C)N(C)CCC(O)c1ccc(F)cc1. The maximum atomic E-state index is 12.7. The van der Waals surface area contributed by atoms with E-state index in [4.69, 9.17) is 0 Å². The highest BCUT2D eigenvalue weighted by atomic mass is 19.1. The van der Waals surface area contributed by atoms with Gasteiger partial charge < -0.3 is 10.0 Å². The third-order valence-corrected chi connectivity index (χ3v) is 3.35. The molecule has 0 radical (unpaired) electrons. The van der Waals surface area contributed by atoms with Gasteiger partial charge in [-0.25, -0.2) is 4.39 Å². The minimum absolute atomic E-state index is 0.266. The minimum Gasteiger partial charge on any atom is -0.388 e. The Hall–Kier alpha value is -0.930.